The number of carbonyl (C=O) groups excluding carboxylic acids is 1. The molecule has 0 radical (unpaired) electrons. The Labute approximate surface area is 100.0 Å². The molecule has 1 amide bonds. The second kappa shape index (κ2) is 6.85. The van der Waals surface area contributed by atoms with Crippen LogP contribution in [0.5, 0.6) is 0 Å². The highest BCUT2D eigenvalue weighted by Gasteiger charge is 2.04. The van der Waals surface area contributed by atoms with E-state index >= 15 is 0 Å². The summed E-state index contributed by atoms with van der Waals surface area (Å²) in [7, 11) is 0. The summed E-state index contributed by atoms with van der Waals surface area (Å²) in [6, 6.07) is 4.17. The molecule has 0 saturated heterocycles. The van der Waals surface area contributed by atoms with Crippen LogP contribution in [0.1, 0.15) is 19.8 Å². The molecular weight excluding hydrogens is 223 g/mol. The molecule has 0 atom stereocenters. The van der Waals surface area contributed by atoms with Crippen molar-refractivity contribution in [3.8, 4) is 0 Å². The minimum absolute atomic E-state index is 0.0641. The van der Waals surface area contributed by atoms with Gasteiger partial charge in [0.1, 0.15) is 5.82 Å². The molecule has 0 aliphatic carbocycles. The summed E-state index contributed by atoms with van der Waals surface area (Å²) >= 11 is 0. The zero-order valence-electron chi connectivity index (χ0n) is 9.83. The maximum Gasteiger partial charge on any atom is 0.226 e. The summed E-state index contributed by atoms with van der Waals surface area (Å²) in [6.45, 7) is 3.01. The Morgan fingerprint density at radius 2 is 2.24 bits per heavy atom. The fourth-order valence-corrected chi connectivity index (χ4v) is 1.24. The van der Waals surface area contributed by atoms with E-state index in [0.29, 0.717) is 18.9 Å². The minimum Gasteiger partial charge on any atom is -0.396 e. The van der Waals surface area contributed by atoms with E-state index in [1.165, 1.54) is 12.1 Å². The van der Waals surface area contributed by atoms with E-state index in [9.17, 15) is 9.18 Å². The molecule has 4 nitrogen and oxygen atoms in total. The third-order valence-corrected chi connectivity index (χ3v) is 2.11. The Bertz CT molecular complexity index is 383. The first-order valence-corrected chi connectivity index (χ1v) is 5.56. The zero-order chi connectivity index (χ0) is 12.7. The van der Waals surface area contributed by atoms with Gasteiger partial charge in [-0.1, -0.05) is 6.92 Å². The van der Waals surface area contributed by atoms with Crippen LogP contribution in [0, 0.1) is 5.82 Å². The predicted molar refractivity (Wildman–Crippen MR) is 65.2 cm³/mol. The van der Waals surface area contributed by atoms with Crippen molar-refractivity contribution in [2.45, 2.75) is 19.8 Å². The lowest BCUT2D eigenvalue weighted by atomic mass is 10.2. The summed E-state index contributed by atoms with van der Waals surface area (Å²) in [5.74, 6) is -0.740. The minimum atomic E-state index is -0.537. The summed E-state index contributed by atoms with van der Waals surface area (Å²) in [6.07, 6.45) is 1.18. The van der Waals surface area contributed by atoms with Crippen LogP contribution in [0.4, 0.5) is 15.8 Å². The summed E-state index contributed by atoms with van der Waals surface area (Å²) in [5.41, 5.74) is 5.79. The molecule has 0 unspecified atom stereocenters. The van der Waals surface area contributed by atoms with Crippen LogP contribution in [-0.4, -0.2) is 19.1 Å². The number of ether oxygens (including phenoxy) is 1. The smallest absolute Gasteiger partial charge is 0.226 e. The first-order chi connectivity index (χ1) is 8.13. The van der Waals surface area contributed by atoms with Gasteiger partial charge < -0.3 is 15.8 Å². The summed E-state index contributed by atoms with van der Waals surface area (Å²) < 4.78 is 18.3. The number of hydrogen-bond acceptors (Lipinski definition) is 3. The number of anilines is 2. The lowest BCUT2D eigenvalue weighted by molar-refractivity contribution is -0.117. The fourth-order valence-electron chi connectivity index (χ4n) is 1.24. The molecule has 0 aromatic heterocycles. The molecule has 0 saturated carbocycles. The number of hydrogen-bond donors (Lipinski definition) is 2. The molecule has 1 aromatic rings. The van der Waals surface area contributed by atoms with Crippen LogP contribution in [0.25, 0.3) is 0 Å². The van der Waals surface area contributed by atoms with Crippen LogP contribution >= 0.6 is 0 Å². The normalized spacial score (nSPS) is 10.2. The van der Waals surface area contributed by atoms with Gasteiger partial charge in [0.25, 0.3) is 0 Å². The van der Waals surface area contributed by atoms with Crippen LogP contribution in [0.15, 0.2) is 18.2 Å². The Morgan fingerprint density at radius 3 is 2.88 bits per heavy atom. The van der Waals surface area contributed by atoms with Gasteiger partial charge in [-0.15, -0.1) is 0 Å². The van der Waals surface area contributed by atoms with Gasteiger partial charge >= 0.3 is 0 Å². The third kappa shape index (κ3) is 4.82. The molecule has 0 spiro atoms. The molecule has 0 aliphatic heterocycles. The van der Waals surface area contributed by atoms with Crippen LogP contribution in [-0.2, 0) is 9.53 Å². The van der Waals surface area contributed by atoms with Crippen molar-refractivity contribution < 1.29 is 13.9 Å². The third-order valence-electron chi connectivity index (χ3n) is 2.11. The molecule has 3 N–H and O–H groups in total. The van der Waals surface area contributed by atoms with E-state index in [1.54, 1.807) is 6.07 Å². The molecule has 0 bridgehead atoms. The SMILES string of the molecule is CCCOCCC(=O)Nc1ccc(N)c(F)c1. The van der Waals surface area contributed by atoms with Gasteiger partial charge in [-0.3, -0.25) is 4.79 Å². The van der Waals surface area contributed by atoms with Crippen LogP contribution in [0.3, 0.4) is 0 Å². The van der Waals surface area contributed by atoms with Crippen molar-refractivity contribution in [3.05, 3.63) is 24.0 Å². The molecule has 0 aliphatic rings. The van der Waals surface area contributed by atoms with Gasteiger partial charge in [0.05, 0.1) is 18.7 Å². The molecule has 0 heterocycles. The zero-order valence-corrected chi connectivity index (χ0v) is 9.83. The standard InChI is InChI=1S/C12H17FN2O2/c1-2-6-17-7-5-12(16)15-9-3-4-11(14)10(13)8-9/h3-4,8H,2,5-7,14H2,1H3,(H,15,16). The predicted octanol–water partition coefficient (Wildman–Crippen LogP) is 2.16. The van der Waals surface area contributed by atoms with E-state index in [1.807, 2.05) is 6.92 Å². The highest BCUT2D eigenvalue weighted by Crippen LogP contribution is 2.15. The van der Waals surface area contributed by atoms with E-state index in [-0.39, 0.29) is 18.0 Å². The van der Waals surface area contributed by atoms with Crippen molar-refractivity contribution in [1.82, 2.24) is 0 Å². The lowest BCUT2D eigenvalue weighted by Gasteiger charge is -2.06. The Kier molecular flexibility index (Phi) is 5.42. The molecular formula is C12H17FN2O2. The quantitative estimate of drug-likeness (QED) is 0.591. The van der Waals surface area contributed by atoms with E-state index in [0.717, 1.165) is 6.42 Å². The lowest BCUT2D eigenvalue weighted by Crippen LogP contribution is -2.14. The average Bonchev–Trinajstić information content (AvgIpc) is 2.30. The van der Waals surface area contributed by atoms with Crippen LogP contribution in [0.2, 0.25) is 0 Å². The number of amides is 1. The average molecular weight is 240 g/mol. The number of halogens is 1. The van der Waals surface area contributed by atoms with E-state index in [4.69, 9.17) is 10.5 Å². The highest BCUT2D eigenvalue weighted by molar-refractivity contribution is 5.90. The fraction of sp³-hybridized carbons (Fsp3) is 0.417. The first kappa shape index (κ1) is 13.4. The molecule has 1 aromatic carbocycles. The number of nitrogen functional groups attached to an aromatic ring is 1. The van der Waals surface area contributed by atoms with Gasteiger partial charge in [-0.05, 0) is 24.6 Å². The Balaban J connectivity index is 2.37. The second-order valence-electron chi connectivity index (χ2n) is 3.65. The van der Waals surface area contributed by atoms with Crippen molar-refractivity contribution in [2.75, 3.05) is 24.3 Å². The molecule has 0 fully saturated rings. The number of rotatable bonds is 6. The van der Waals surface area contributed by atoms with E-state index < -0.39 is 5.82 Å². The van der Waals surface area contributed by atoms with Gasteiger partial charge in [-0.25, -0.2) is 4.39 Å². The maximum absolute atomic E-state index is 13.1. The van der Waals surface area contributed by atoms with E-state index in [2.05, 4.69) is 5.32 Å². The Hall–Kier alpha value is -1.62. The highest BCUT2D eigenvalue weighted by atomic mass is 19.1. The topological polar surface area (TPSA) is 64.3 Å². The Morgan fingerprint density at radius 1 is 1.47 bits per heavy atom. The summed E-state index contributed by atoms with van der Waals surface area (Å²) in [4.78, 5) is 11.4. The van der Waals surface area contributed by atoms with Gasteiger partial charge in [0.15, 0.2) is 0 Å². The van der Waals surface area contributed by atoms with Gasteiger partial charge in [0, 0.05) is 12.3 Å². The first-order valence-electron chi connectivity index (χ1n) is 5.56. The van der Waals surface area contributed by atoms with Crippen molar-refractivity contribution in [1.29, 1.82) is 0 Å². The monoisotopic (exact) mass is 240 g/mol. The van der Waals surface area contributed by atoms with Gasteiger partial charge in [0.2, 0.25) is 5.91 Å². The molecule has 94 valence electrons. The largest absolute Gasteiger partial charge is 0.396 e. The van der Waals surface area contributed by atoms with Crippen molar-refractivity contribution in [3.63, 3.8) is 0 Å². The number of benzene rings is 1. The number of carbonyl (C=O) groups is 1. The van der Waals surface area contributed by atoms with Crippen molar-refractivity contribution in [2.24, 2.45) is 0 Å². The molecule has 5 heteroatoms. The number of nitrogens with one attached hydrogen (secondary N) is 1. The van der Waals surface area contributed by atoms with Crippen molar-refractivity contribution >= 4 is 17.3 Å². The maximum atomic E-state index is 13.1. The summed E-state index contributed by atoms with van der Waals surface area (Å²) in [5, 5.41) is 2.57. The number of nitrogens with two attached hydrogens (primary N) is 1. The second-order valence-corrected chi connectivity index (χ2v) is 3.65. The molecule has 1 rings (SSSR count). The van der Waals surface area contributed by atoms with Crippen LogP contribution < -0.4 is 11.1 Å². The molecule has 17 heavy (non-hydrogen) atoms. The van der Waals surface area contributed by atoms with Gasteiger partial charge in [-0.2, -0.15) is 0 Å².